The highest BCUT2D eigenvalue weighted by atomic mass is 79.9. The fraction of sp³-hybridized carbons (Fsp3) is 0.238. The van der Waals surface area contributed by atoms with Gasteiger partial charge < -0.3 is 10.6 Å². The average Bonchev–Trinajstić information content (AvgIpc) is 3.10. The van der Waals surface area contributed by atoms with Crippen molar-refractivity contribution in [1.29, 1.82) is 0 Å². The van der Waals surface area contributed by atoms with Crippen LogP contribution >= 0.6 is 39.1 Å². The minimum atomic E-state index is -4.72. The Bertz CT molecular complexity index is 1280. The molecule has 2 unspecified atom stereocenters. The zero-order chi connectivity index (χ0) is 25.7. The summed E-state index contributed by atoms with van der Waals surface area (Å²) in [5.74, 6) is -1.37. The van der Waals surface area contributed by atoms with Crippen LogP contribution in [0.5, 0.6) is 0 Å². The molecule has 2 N–H and O–H groups in total. The number of amides is 1. The van der Waals surface area contributed by atoms with Crippen LogP contribution in [0, 0.1) is 0 Å². The molecule has 0 bridgehead atoms. The van der Waals surface area contributed by atoms with Crippen molar-refractivity contribution in [1.82, 2.24) is 9.78 Å². The molecule has 5 nitrogen and oxygen atoms in total. The van der Waals surface area contributed by atoms with Crippen LogP contribution in [-0.4, -0.2) is 21.9 Å². The topological polar surface area (TPSA) is 59.0 Å². The third-order valence-corrected chi connectivity index (χ3v) is 6.54. The monoisotopic (exact) mass is 600 g/mol. The van der Waals surface area contributed by atoms with E-state index in [9.17, 15) is 31.1 Å². The van der Waals surface area contributed by atoms with E-state index in [-0.39, 0.29) is 10.8 Å². The lowest BCUT2D eigenvalue weighted by atomic mass is 9.97. The number of alkyl halides is 6. The maximum atomic E-state index is 13.9. The van der Waals surface area contributed by atoms with Crippen LogP contribution in [0.15, 0.2) is 46.9 Å². The molecule has 0 aliphatic carbocycles. The van der Waals surface area contributed by atoms with E-state index in [1.165, 1.54) is 0 Å². The van der Waals surface area contributed by atoms with Crippen LogP contribution in [0.3, 0.4) is 0 Å². The highest BCUT2D eigenvalue weighted by Gasteiger charge is 2.48. The molecule has 0 saturated carbocycles. The molecule has 3 aromatic rings. The summed E-state index contributed by atoms with van der Waals surface area (Å²) in [6.07, 6.45) is -9.87. The second kappa shape index (κ2) is 9.21. The number of carbonyl (C=O) groups is 1. The molecule has 35 heavy (non-hydrogen) atoms. The Kier molecular flexibility index (Phi) is 6.75. The number of hydrogen-bond donors (Lipinski definition) is 2. The number of benzene rings is 2. The van der Waals surface area contributed by atoms with Crippen molar-refractivity contribution in [3.63, 3.8) is 0 Å². The minimum absolute atomic E-state index is 0.215. The molecule has 186 valence electrons. The van der Waals surface area contributed by atoms with Gasteiger partial charge in [-0.15, -0.1) is 0 Å². The number of aromatic nitrogens is 2. The first kappa shape index (κ1) is 25.6. The van der Waals surface area contributed by atoms with Gasteiger partial charge in [-0.25, -0.2) is 4.68 Å². The quantitative estimate of drug-likeness (QED) is 0.300. The van der Waals surface area contributed by atoms with E-state index in [1.54, 1.807) is 24.3 Å². The molecule has 0 spiro atoms. The SMILES string of the molecule is O=C(Nc1cc(C(F)(F)F)ccc1Cl)c1nn2c(c1Cl)NC(c1ccc(Br)cc1)CC2C(F)(F)F. The molecule has 2 heterocycles. The van der Waals surface area contributed by atoms with Crippen molar-refractivity contribution < 1.29 is 31.1 Å². The fourth-order valence-electron chi connectivity index (χ4n) is 3.63. The molecule has 14 heteroatoms. The molecule has 1 aliphatic heterocycles. The molecule has 0 fully saturated rings. The van der Waals surface area contributed by atoms with Crippen LogP contribution in [0.2, 0.25) is 10.0 Å². The Balaban J connectivity index is 1.70. The van der Waals surface area contributed by atoms with E-state index in [0.29, 0.717) is 16.3 Å². The van der Waals surface area contributed by atoms with Crippen LogP contribution in [0.4, 0.5) is 37.8 Å². The van der Waals surface area contributed by atoms with Gasteiger partial charge in [-0.3, -0.25) is 4.79 Å². The maximum Gasteiger partial charge on any atom is 0.416 e. The highest BCUT2D eigenvalue weighted by molar-refractivity contribution is 9.10. The summed E-state index contributed by atoms with van der Waals surface area (Å²) in [4.78, 5) is 12.8. The van der Waals surface area contributed by atoms with Crippen LogP contribution < -0.4 is 10.6 Å². The lowest BCUT2D eigenvalue weighted by Crippen LogP contribution is -2.35. The van der Waals surface area contributed by atoms with Gasteiger partial charge in [0.2, 0.25) is 0 Å². The Morgan fingerprint density at radius 1 is 1.09 bits per heavy atom. The molecule has 4 rings (SSSR count). The first-order chi connectivity index (χ1) is 16.3. The summed E-state index contributed by atoms with van der Waals surface area (Å²) in [5, 5.41) is 8.15. The zero-order valence-corrected chi connectivity index (χ0v) is 20.2. The molecule has 0 radical (unpaired) electrons. The Morgan fingerprint density at radius 3 is 2.34 bits per heavy atom. The Hall–Kier alpha value is -2.44. The largest absolute Gasteiger partial charge is 0.416 e. The average molecular weight is 602 g/mol. The predicted octanol–water partition coefficient (Wildman–Crippen LogP) is 7.88. The number of fused-ring (bicyclic) bond motifs is 1. The maximum absolute atomic E-state index is 13.9. The summed E-state index contributed by atoms with van der Waals surface area (Å²) < 4.78 is 82.1. The van der Waals surface area contributed by atoms with Gasteiger partial charge in [0, 0.05) is 10.9 Å². The molecule has 1 aliphatic rings. The van der Waals surface area contributed by atoms with Gasteiger partial charge in [-0.1, -0.05) is 51.3 Å². The minimum Gasteiger partial charge on any atom is -0.362 e. The van der Waals surface area contributed by atoms with E-state index in [0.717, 1.165) is 16.6 Å². The number of hydrogen-bond acceptors (Lipinski definition) is 3. The first-order valence-electron chi connectivity index (χ1n) is 9.80. The van der Waals surface area contributed by atoms with Crippen LogP contribution in [0.1, 0.15) is 40.1 Å². The van der Waals surface area contributed by atoms with Crippen LogP contribution in [0.25, 0.3) is 0 Å². The third-order valence-electron chi connectivity index (χ3n) is 5.32. The van der Waals surface area contributed by atoms with Crippen molar-refractivity contribution in [2.45, 2.75) is 30.9 Å². The standard InChI is InChI=1S/C21H13BrCl2F6N4O/c22-11-4-1-9(2-5-11)13-8-15(21(28,29)30)34-18(31-13)16(24)17(33-34)19(35)32-14-7-10(20(25,26)27)3-6-12(14)23/h1-7,13,15,31H,8H2,(H,32,35). The smallest absolute Gasteiger partial charge is 0.362 e. The van der Waals surface area contributed by atoms with E-state index in [1.807, 2.05) is 0 Å². The predicted molar refractivity (Wildman–Crippen MR) is 122 cm³/mol. The van der Waals surface area contributed by atoms with Crippen molar-refractivity contribution in [3.05, 3.63) is 73.8 Å². The van der Waals surface area contributed by atoms with Gasteiger partial charge in [0.05, 0.1) is 22.3 Å². The summed E-state index contributed by atoms with van der Waals surface area (Å²) in [5.41, 5.74) is -1.54. The van der Waals surface area contributed by atoms with Gasteiger partial charge in [0.1, 0.15) is 10.8 Å². The summed E-state index contributed by atoms with van der Waals surface area (Å²) >= 11 is 15.4. The van der Waals surface area contributed by atoms with E-state index >= 15 is 0 Å². The van der Waals surface area contributed by atoms with Crippen molar-refractivity contribution in [2.75, 3.05) is 10.6 Å². The summed E-state index contributed by atoms with van der Waals surface area (Å²) in [6.45, 7) is 0. The number of carbonyl (C=O) groups excluding carboxylic acids is 1. The molecule has 1 aromatic heterocycles. The Morgan fingerprint density at radius 2 is 1.74 bits per heavy atom. The van der Waals surface area contributed by atoms with Crippen molar-refractivity contribution in [3.8, 4) is 0 Å². The van der Waals surface area contributed by atoms with Crippen molar-refractivity contribution in [2.24, 2.45) is 0 Å². The normalized spacial score (nSPS) is 18.1. The molecule has 2 aromatic carbocycles. The van der Waals surface area contributed by atoms with Crippen LogP contribution in [-0.2, 0) is 6.18 Å². The van der Waals surface area contributed by atoms with Gasteiger partial charge in [0.15, 0.2) is 11.7 Å². The number of anilines is 2. The fourth-order valence-corrected chi connectivity index (χ4v) is 4.32. The number of nitrogens with zero attached hydrogens (tertiary/aromatic N) is 2. The summed E-state index contributed by atoms with van der Waals surface area (Å²) in [6, 6.07) is 5.97. The van der Waals surface area contributed by atoms with E-state index < -0.39 is 58.7 Å². The molecule has 2 atom stereocenters. The zero-order valence-electron chi connectivity index (χ0n) is 17.1. The number of halogens is 9. The number of nitrogens with one attached hydrogen (secondary N) is 2. The second-order valence-corrected chi connectivity index (χ2v) is 9.34. The lowest BCUT2D eigenvalue weighted by Gasteiger charge is -2.33. The molecule has 0 saturated heterocycles. The van der Waals surface area contributed by atoms with E-state index in [2.05, 4.69) is 31.7 Å². The summed E-state index contributed by atoms with van der Waals surface area (Å²) in [7, 11) is 0. The lowest BCUT2D eigenvalue weighted by molar-refractivity contribution is -0.173. The third kappa shape index (κ3) is 5.24. The van der Waals surface area contributed by atoms with Gasteiger partial charge >= 0.3 is 12.4 Å². The van der Waals surface area contributed by atoms with Gasteiger partial charge in [-0.05, 0) is 35.9 Å². The second-order valence-electron chi connectivity index (χ2n) is 7.64. The molecule has 1 amide bonds. The Labute approximate surface area is 212 Å². The first-order valence-corrected chi connectivity index (χ1v) is 11.4. The molecular formula is C21H13BrCl2F6N4O. The van der Waals surface area contributed by atoms with E-state index in [4.69, 9.17) is 23.2 Å². The molecular weight excluding hydrogens is 589 g/mol. The van der Waals surface area contributed by atoms with Gasteiger partial charge in [-0.2, -0.15) is 31.4 Å². The number of rotatable bonds is 3. The van der Waals surface area contributed by atoms with Gasteiger partial charge in [0.25, 0.3) is 5.91 Å². The van der Waals surface area contributed by atoms with Crippen molar-refractivity contribution >= 4 is 56.5 Å². The highest BCUT2D eigenvalue weighted by Crippen LogP contribution is 2.46.